The lowest BCUT2D eigenvalue weighted by Crippen LogP contribution is -2.40. The Bertz CT molecular complexity index is 427. The molecule has 98 valence electrons. The number of halogens is 3. The molecule has 1 N–H and O–H groups in total. The van der Waals surface area contributed by atoms with E-state index in [2.05, 4.69) is 26.2 Å². The first kappa shape index (κ1) is 13.2. The fraction of sp³-hybridized carbons (Fsp3) is 0.455. The quantitative estimate of drug-likeness (QED) is 0.924. The zero-order valence-electron chi connectivity index (χ0n) is 9.44. The van der Waals surface area contributed by atoms with Gasteiger partial charge < -0.3 is 10.2 Å². The van der Waals surface area contributed by atoms with Crippen molar-refractivity contribution < 1.29 is 13.6 Å². The smallest absolute Gasteiger partial charge is 0.315 e. The molecule has 2 heterocycles. The van der Waals surface area contributed by atoms with Gasteiger partial charge in [-0.05, 0) is 34.5 Å². The number of pyridine rings is 1. The molecular weight excluding hydrogens is 308 g/mol. The first-order valence-corrected chi connectivity index (χ1v) is 6.30. The van der Waals surface area contributed by atoms with Gasteiger partial charge in [-0.25, -0.2) is 4.98 Å². The average molecular weight is 320 g/mol. The van der Waals surface area contributed by atoms with Crippen LogP contribution in [0.4, 0.5) is 14.6 Å². The third-order valence-corrected chi connectivity index (χ3v) is 3.24. The summed E-state index contributed by atoms with van der Waals surface area (Å²) >= 11 is 3.29. The lowest BCUT2D eigenvalue weighted by Gasteiger charge is -2.17. The second-order valence-corrected chi connectivity index (χ2v) is 4.99. The van der Waals surface area contributed by atoms with E-state index in [0.29, 0.717) is 19.5 Å². The molecule has 1 saturated heterocycles. The summed E-state index contributed by atoms with van der Waals surface area (Å²) in [6.07, 6.45) is -0.624. The molecule has 0 aromatic carbocycles. The van der Waals surface area contributed by atoms with Crippen molar-refractivity contribution in [2.24, 2.45) is 0 Å². The molecule has 1 atom stereocenters. The van der Waals surface area contributed by atoms with Crippen LogP contribution in [0.2, 0.25) is 0 Å². The van der Waals surface area contributed by atoms with Crippen LogP contribution in [0.5, 0.6) is 0 Å². The Labute approximate surface area is 112 Å². The van der Waals surface area contributed by atoms with E-state index in [1.165, 1.54) is 0 Å². The van der Waals surface area contributed by atoms with Crippen molar-refractivity contribution in [2.75, 3.05) is 18.0 Å². The van der Waals surface area contributed by atoms with Crippen molar-refractivity contribution in [2.45, 2.75) is 18.9 Å². The van der Waals surface area contributed by atoms with E-state index in [4.69, 9.17) is 0 Å². The van der Waals surface area contributed by atoms with Gasteiger partial charge in [0.1, 0.15) is 5.82 Å². The average Bonchev–Trinajstić information content (AvgIpc) is 2.78. The predicted octanol–water partition coefficient (Wildman–Crippen LogP) is 1.80. The minimum atomic E-state index is -2.95. The van der Waals surface area contributed by atoms with Crippen LogP contribution in [0, 0.1) is 0 Å². The Morgan fingerprint density at radius 2 is 2.33 bits per heavy atom. The molecule has 0 radical (unpaired) electrons. The molecule has 0 unspecified atom stereocenters. The molecule has 1 fully saturated rings. The molecular formula is C11H12BrF2N3O. The first-order valence-electron chi connectivity index (χ1n) is 5.51. The van der Waals surface area contributed by atoms with Crippen molar-refractivity contribution >= 4 is 27.7 Å². The van der Waals surface area contributed by atoms with E-state index >= 15 is 0 Å². The van der Waals surface area contributed by atoms with Gasteiger partial charge in [-0.1, -0.05) is 0 Å². The Kier molecular flexibility index (Phi) is 4.11. The van der Waals surface area contributed by atoms with Crippen LogP contribution in [-0.2, 0) is 4.79 Å². The Morgan fingerprint density at radius 3 is 2.94 bits per heavy atom. The van der Waals surface area contributed by atoms with Crippen molar-refractivity contribution in [3.63, 3.8) is 0 Å². The fourth-order valence-corrected chi connectivity index (χ4v) is 2.14. The Hall–Kier alpha value is -1.24. The second-order valence-electron chi connectivity index (χ2n) is 4.08. The molecule has 1 aromatic heterocycles. The van der Waals surface area contributed by atoms with E-state index in [1.54, 1.807) is 6.20 Å². The number of hydrogen-bond donors (Lipinski definition) is 1. The number of carbonyl (C=O) groups is 1. The van der Waals surface area contributed by atoms with Gasteiger partial charge in [0.25, 0.3) is 5.91 Å². The summed E-state index contributed by atoms with van der Waals surface area (Å²) < 4.78 is 25.1. The van der Waals surface area contributed by atoms with E-state index in [9.17, 15) is 13.6 Å². The number of amides is 1. The molecule has 4 nitrogen and oxygen atoms in total. The van der Waals surface area contributed by atoms with Gasteiger partial charge in [-0.15, -0.1) is 0 Å². The summed E-state index contributed by atoms with van der Waals surface area (Å²) in [7, 11) is 0. The monoisotopic (exact) mass is 319 g/mol. The zero-order chi connectivity index (χ0) is 13.1. The maximum atomic E-state index is 12.1. The summed E-state index contributed by atoms with van der Waals surface area (Å²) in [6.45, 7) is 1.20. The van der Waals surface area contributed by atoms with Crippen LogP contribution >= 0.6 is 15.9 Å². The van der Waals surface area contributed by atoms with Crippen molar-refractivity contribution in [3.05, 3.63) is 22.8 Å². The zero-order valence-corrected chi connectivity index (χ0v) is 11.0. The van der Waals surface area contributed by atoms with Crippen LogP contribution in [-0.4, -0.2) is 36.4 Å². The lowest BCUT2D eigenvalue weighted by molar-refractivity contribution is -0.132. The van der Waals surface area contributed by atoms with E-state index in [-0.39, 0.29) is 6.04 Å². The molecule has 1 amide bonds. The van der Waals surface area contributed by atoms with E-state index in [1.807, 2.05) is 17.0 Å². The minimum absolute atomic E-state index is 0.239. The molecule has 18 heavy (non-hydrogen) atoms. The highest BCUT2D eigenvalue weighted by Gasteiger charge is 2.27. The van der Waals surface area contributed by atoms with Gasteiger partial charge in [0.15, 0.2) is 0 Å². The largest absolute Gasteiger partial charge is 0.354 e. The van der Waals surface area contributed by atoms with Gasteiger partial charge in [0.2, 0.25) is 0 Å². The minimum Gasteiger partial charge on any atom is -0.354 e. The molecule has 0 aliphatic carbocycles. The van der Waals surface area contributed by atoms with E-state index < -0.39 is 12.3 Å². The van der Waals surface area contributed by atoms with Crippen LogP contribution in [0.3, 0.4) is 0 Å². The highest BCUT2D eigenvalue weighted by Crippen LogP contribution is 2.19. The van der Waals surface area contributed by atoms with Crippen molar-refractivity contribution in [3.8, 4) is 0 Å². The topological polar surface area (TPSA) is 45.2 Å². The van der Waals surface area contributed by atoms with Crippen LogP contribution in [0.15, 0.2) is 22.8 Å². The third-order valence-electron chi connectivity index (χ3n) is 2.77. The second kappa shape index (κ2) is 5.60. The van der Waals surface area contributed by atoms with Gasteiger partial charge in [0.05, 0.1) is 0 Å². The number of rotatable bonds is 3. The Morgan fingerprint density at radius 1 is 1.56 bits per heavy atom. The normalized spacial score (nSPS) is 19.3. The summed E-state index contributed by atoms with van der Waals surface area (Å²) in [5.41, 5.74) is 0. The summed E-state index contributed by atoms with van der Waals surface area (Å²) in [5.74, 6) is -0.419. The maximum absolute atomic E-state index is 12.1. The molecule has 1 aliphatic heterocycles. The standard InChI is InChI=1S/C11H12BrF2N3O/c12-7-1-2-9(15-5-7)17-4-3-8(6-17)16-11(18)10(13)14/h1-2,5,8,10H,3-4,6H2,(H,16,18)/t8-/m0/s1. The van der Waals surface area contributed by atoms with Crippen molar-refractivity contribution in [1.82, 2.24) is 10.3 Å². The van der Waals surface area contributed by atoms with Crippen LogP contribution in [0.25, 0.3) is 0 Å². The molecule has 0 bridgehead atoms. The highest BCUT2D eigenvalue weighted by atomic mass is 79.9. The number of nitrogens with zero attached hydrogens (tertiary/aromatic N) is 2. The molecule has 1 aromatic rings. The molecule has 7 heteroatoms. The van der Waals surface area contributed by atoms with Crippen LogP contribution in [0.1, 0.15) is 6.42 Å². The number of aromatic nitrogens is 1. The maximum Gasteiger partial charge on any atom is 0.315 e. The third kappa shape index (κ3) is 3.16. The highest BCUT2D eigenvalue weighted by molar-refractivity contribution is 9.10. The van der Waals surface area contributed by atoms with Gasteiger partial charge in [-0.2, -0.15) is 8.78 Å². The molecule has 2 rings (SSSR count). The fourth-order valence-electron chi connectivity index (χ4n) is 1.91. The Balaban J connectivity index is 1.92. The van der Waals surface area contributed by atoms with Gasteiger partial charge in [0, 0.05) is 29.8 Å². The molecule has 0 spiro atoms. The number of hydrogen-bond acceptors (Lipinski definition) is 3. The number of anilines is 1. The van der Waals surface area contributed by atoms with Crippen molar-refractivity contribution in [1.29, 1.82) is 0 Å². The summed E-state index contributed by atoms with van der Waals surface area (Å²) in [4.78, 5) is 17.1. The molecule has 1 aliphatic rings. The van der Waals surface area contributed by atoms with Gasteiger partial charge >= 0.3 is 6.43 Å². The van der Waals surface area contributed by atoms with E-state index in [0.717, 1.165) is 10.3 Å². The number of nitrogens with one attached hydrogen (secondary N) is 1. The molecule has 0 saturated carbocycles. The predicted molar refractivity (Wildman–Crippen MR) is 66.7 cm³/mol. The summed E-state index contributed by atoms with van der Waals surface area (Å²) in [6, 6.07) is 3.48. The summed E-state index contributed by atoms with van der Waals surface area (Å²) in [5, 5.41) is 2.32. The SMILES string of the molecule is O=C(N[C@H]1CCN(c2ccc(Br)cn2)C1)C(F)F. The first-order chi connectivity index (χ1) is 8.56. The van der Waals surface area contributed by atoms with Gasteiger partial charge in [-0.3, -0.25) is 4.79 Å². The number of alkyl halides is 2. The number of carbonyl (C=O) groups excluding carboxylic acids is 1. The lowest BCUT2D eigenvalue weighted by atomic mass is 10.2. The van der Waals surface area contributed by atoms with Crippen LogP contribution < -0.4 is 10.2 Å².